The van der Waals surface area contributed by atoms with Crippen LogP contribution in [0.5, 0.6) is 0 Å². The number of hydrogen-bond acceptors (Lipinski definition) is 0. The topological polar surface area (TPSA) is 0 Å². The average Bonchev–Trinajstić information content (AvgIpc) is 1.95. The maximum Gasteiger partial charge on any atom is 1.00 e. The molecule has 0 atom stereocenters. The molecule has 0 unspecified atom stereocenters. The maximum absolute atomic E-state index is 3.82. The van der Waals surface area contributed by atoms with Gasteiger partial charge in [0, 0.05) is 0 Å². The summed E-state index contributed by atoms with van der Waals surface area (Å²) in [7, 11) is 0. The summed E-state index contributed by atoms with van der Waals surface area (Å²) in [4.78, 5) is 0. The van der Waals surface area contributed by atoms with E-state index in [0.717, 1.165) is 5.56 Å². The van der Waals surface area contributed by atoms with E-state index in [1.165, 1.54) is 18.4 Å². The van der Waals surface area contributed by atoms with Crippen molar-refractivity contribution in [3.63, 3.8) is 0 Å². The van der Waals surface area contributed by atoms with E-state index in [9.17, 15) is 0 Å². The second-order valence-electron chi connectivity index (χ2n) is 2.57. The normalized spacial score (nSPS) is 8.82. The third-order valence-electron chi connectivity index (χ3n) is 1.56. The van der Waals surface area contributed by atoms with Gasteiger partial charge in [0.15, 0.2) is 0 Å². The SMILES string of the molecule is [CH2-]c1ccc(CCC)cc1.[Li+]. The van der Waals surface area contributed by atoms with Gasteiger partial charge >= 0.3 is 18.9 Å². The van der Waals surface area contributed by atoms with E-state index in [2.05, 4.69) is 38.1 Å². The van der Waals surface area contributed by atoms with Gasteiger partial charge in [-0.2, -0.15) is 24.6 Å². The summed E-state index contributed by atoms with van der Waals surface area (Å²) in [6.07, 6.45) is 2.40. The molecule has 0 aromatic heterocycles. The van der Waals surface area contributed by atoms with Crippen LogP contribution >= 0.6 is 0 Å². The maximum atomic E-state index is 3.82. The van der Waals surface area contributed by atoms with Gasteiger partial charge in [0.25, 0.3) is 0 Å². The fourth-order valence-electron chi connectivity index (χ4n) is 0.995. The van der Waals surface area contributed by atoms with Crippen molar-refractivity contribution in [2.24, 2.45) is 0 Å². The Bertz CT molecular complexity index is 189. The first-order valence-electron chi connectivity index (χ1n) is 3.74. The molecule has 0 saturated heterocycles. The van der Waals surface area contributed by atoms with Crippen molar-refractivity contribution < 1.29 is 18.9 Å². The molecule has 0 bridgehead atoms. The molecule has 1 aromatic carbocycles. The third-order valence-corrected chi connectivity index (χ3v) is 1.56. The van der Waals surface area contributed by atoms with E-state index < -0.39 is 0 Å². The zero-order chi connectivity index (χ0) is 7.40. The number of aryl methyl sites for hydroxylation is 1. The van der Waals surface area contributed by atoms with Crippen LogP contribution in [0.1, 0.15) is 24.5 Å². The standard InChI is InChI=1S/C10H13.Li/c1-3-4-10-7-5-9(2)6-8-10;/h5-8H,2-4H2,1H3;/q-1;+1. The molecule has 1 rings (SSSR count). The van der Waals surface area contributed by atoms with Crippen molar-refractivity contribution in [1.82, 2.24) is 0 Å². The number of rotatable bonds is 2. The van der Waals surface area contributed by atoms with Crippen LogP contribution < -0.4 is 18.9 Å². The summed E-state index contributed by atoms with van der Waals surface area (Å²) < 4.78 is 0. The van der Waals surface area contributed by atoms with Crippen LogP contribution in [0.25, 0.3) is 0 Å². The zero-order valence-corrected chi connectivity index (χ0v) is 7.43. The first-order valence-corrected chi connectivity index (χ1v) is 3.74. The van der Waals surface area contributed by atoms with Crippen LogP contribution in [-0.4, -0.2) is 0 Å². The predicted molar refractivity (Wildman–Crippen MR) is 44.9 cm³/mol. The van der Waals surface area contributed by atoms with Crippen molar-refractivity contribution >= 4 is 0 Å². The van der Waals surface area contributed by atoms with Gasteiger partial charge in [0.1, 0.15) is 0 Å². The van der Waals surface area contributed by atoms with Gasteiger partial charge < -0.3 is 0 Å². The minimum Gasteiger partial charge on any atom is -0.199 e. The molecule has 0 spiro atoms. The van der Waals surface area contributed by atoms with Crippen LogP contribution in [0.2, 0.25) is 0 Å². The minimum atomic E-state index is 0. The van der Waals surface area contributed by atoms with Crippen LogP contribution in [0, 0.1) is 6.92 Å². The van der Waals surface area contributed by atoms with Crippen molar-refractivity contribution in [2.75, 3.05) is 0 Å². The van der Waals surface area contributed by atoms with Crippen LogP contribution in [-0.2, 0) is 6.42 Å². The summed E-state index contributed by atoms with van der Waals surface area (Å²) >= 11 is 0. The molecule has 1 heteroatoms. The molecule has 54 valence electrons. The van der Waals surface area contributed by atoms with Crippen molar-refractivity contribution in [3.05, 3.63) is 42.3 Å². The summed E-state index contributed by atoms with van der Waals surface area (Å²) in [5, 5.41) is 0. The molecule has 0 radical (unpaired) electrons. The van der Waals surface area contributed by atoms with Gasteiger partial charge in [0.05, 0.1) is 0 Å². The van der Waals surface area contributed by atoms with E-state index in [0.29, 0.717) is 0 Å². The second kappa shape index (κ2) is 5.35. The largest absolute Gasteiger partial charge is 1.00 e. The molecule has 1 aromatic rings. The molecular formula is C10H13Li. The Morgan fingerprint density at radius 3 is 2.18 bits per heavy atom. The van der Waals surface area contributed by atoms with Crippen molar-refractivity contribution in [1.29, 1.82) is 0 Å². The average molecular weight is 140 g/mol. The van der Waals surface area contributed by atoms with Gasteiger partial charge in [-0.15, -0.1) is 12.1 Å². The van der Waals surface area contributed by atoms with Gasteiger partial charge in [-0.3, -0.25) is 0 Å². The summed E-state index contributed by atoms with van der Waals surface area (Å²) in [6.45, 7) is 6.01. The third kappa shape index (κ3) is 3.56. The Morgan fingerprint density at radius 1 is 1.18 bits per heavy atom. The Kier molecular flexibility index (Phi) is 5.20. The Labute approximate surface area is 81.2 Å². The minimum absolute atomic E-state index is 0. The molecule has 0 nitrogen and oxygen atoms in total. The summed E-state index contributed by atoms with van der Waals surface area (Å²) in [6, 6.07) is 8.41. The Hall–Kier alpha value is -0.313. The molecule has 0 aliphatic rings. The molecule has 11 heavy (non-hydrogen) atoms. The fourth-order valence-corrected chi connectivity index (χ4v) is 0.995. The second-order valence-corrected chi connectivity index (χ2v) is 2.57. The predicted octanol–water partition coefficient (Wildman–Crippen LogP) is -0.175. The molecular weight excluding hydrogens is 127 g/mol. The summed E-state index contributed by atoms with van der Waals surface area (Å²) in [5.41, 5.74) is 2.51. The summed E-state index contributed by atoms with van der Waals surface area (Å²) in [5.74, 6) is 0. The van der Waals surface area contributed by atoms with Crippen molar-refractivity contribution in [2.45, 2.75) is 19.8 Å². The smallest absolute Gasteiger partial charge is 0.199 e. The van der Waals surface area contributed by atoms with E-state index in [1.807, 2.05) is 0 Å². The molecule has 0 amide bonds. The zero-order valence-electron chi connectivity index (χ0n) is 7.43. The number of benzene rings is 1. The van der Waals surface area contributed by atoms with Gasteiger partial charge in [-0.05, 0) is 6.42 Å². The van der Waals surface area contributed by atoms with E-state index in [1.54, 1.807) is 0 Å². The molecule has 0 aliphatic heterocycles. The number of hydrogen-bond donors (Lipinski definition) is 0. The Morgan fingerprint density at radius 2 is 1.73 bits per heavy atom. The van der Waals surface area contributed by atoms with Crippen LogP contribution in [0.3, 0.4) is 0 Å². The van der Waals surface area contributed by atoms with E-state index in [4.69, 9.17) is 0 Å². The monoisotopic (exact) mass is 140 g/mol. The van der Waals surface area contributed by atoms with Crippen LogP contribution in [0.4, 0.5) is 0 Å². The van der Waals surface area contributed by atoms with Gasteiger partial charge in [0.2, 0.25) is 0 Å². The molecule has 0 saturated carbocycles. The molecule has 0 heterocycles. The Balaban J connectivity index is 0.000001000. The molecule has 0 aliphatic carbocycles. The first kappa shape index (κ1) is 10.7. The fraction of sp³-hybridized carbons (Fsp3) is 0.300. The molecule has 0 N–H and O–H groups in total. The molecule has 0 fully saturated rings. The first-order chi connectivity index (χ1) is 4.83. The van der Waals surface area contributed by atoms with E-state index >= 15 is 0 Å². The van der Waals surface area contributed by atoms with Crippen molar-refractivity contribution in [3.8, 4) is 0 Å². The van der Waals surface area contributed by atoms with Gasteiger partial charge in [-0.25, -0.2) is 0 Å². The van der Waals surface area contributed by atoms with E-state index in [-0.39, 0.29) is 18.9 Å². The van der Waals surface area contributed by atoms with Crippen LogP contribution in [0.15, 0.2) is 24.3 Å². The quantitative estimate of drug-likeness (QED) is 0.395. The van der Waals surface area contributed by atoms with Gasteiger partial charge in [-0.1, -0.05) is 18.9 Å².